The van der Waals surface area contributed by atoms with Gasteiger partial charge < -0.3 is 10.3 Å². The highest BCUT2D eigenvalue weighted by Gasteiger charge is 2.10. The third-order valence-electron chi connectivity index (χ3n) is 3.04. The minimum Gasteiger partial charge on any atom is -0.369 e. The van der Waals surface area contributed by atoms with E-state index in [4.69, 9.17) is 5.73 Å². The number of aromatic nitrogens is 2. The highest BCUT2D eigenvalue weighted by atomic mass is 32.2. The Balaban J connectivity index is 2.26. The normalized spacial score (nSPS) is 11.3. The zero-order valence-corrected chi connectivity index (χ0v) is 11.6. The van der Waals surface area contributed by atoms with E-state index in [1.807, 2.05) is 22.4 Å². The Morgan fingerprint density at radius 1 is 1.39 bits per heavy atom. The quantitative estimate of drug-likeness (QED) is 0.846. The van der Waals surface area contributed by atoms with Crippen molar-refractivity contribution in [2.24, 2.45) is 0 Å². The molecule has 0 unspecified atom stereocenters. The summed E-state index contributed by atoms with van der Waals surface area (Å²) < 4.78 is 15.4. The summed E-state index contributed by atoms with van der Waals surface area (Å²) in [6.45, 7) is 2.60. The van der Waals surface area contributed by atoms with Crippen LogP contribution in [0.5, 0.6) is 0 Å². The van der Waals surface area contributed by atoms with Gasteiger partial charge in [-0.15, -0.1) is 0 Å². The summed E-state index contributed by atoms with van der Waals surface area (Å²) >= 11 is 1.85. The van der Waals surface area contributed by atoms with E-state index in [0.717, 1.165) is 30.7 Å². The van der Waals surface area contributed by atoms with E-state index in [2.05, 4.69) is 11.2 Å². The van der Waals surface area contributed by atoms with E-state index >= 15 is 0 Å². The molecule has 98 valence electrons. The SMILES string of the molecule is CSCCCCn1c(N)nc2cc(F)c(C)cc21. The van der Waals surface area contributed by atoms with E-state index in [1.165, 1.54) is 6.07 Å². The van der Waals surface area contributed by atoms with Gasteiger partial charge >= 0.3 is 0 Å². The van der Waals surface area contributed by atoms with Gasteiger partial charge in [0, 0.05) is 12.6 Å². The molecule has 0 fully saturated rings. The molecule has 5 heteroatoms. The minimum atomic E-state index is -0.227. The van der Waals surface area contributed by atoms with Crippen LogP contribution >= 0.6 is 11.8 Å². The lowest BCUT2D eigenvalue weighted by Crippen LogP contribution is -2.03. The van der Waals surface area contributed by atoms with Gasteiger partial charge in [-0.1, -0.05) is 0 Å². The summed E-state index contributed by atoms with van der Waals surface area (Å²) in [6, 6.07) is 3.28. The first kappa shape index (κ1) is 13.2. The number of nitrogens with two attached hydrogens (primary N) is 1. The van der Waals surface area contributed by atoms with Crippen LogP contribution in [0.3, 0.4) is 0 Å². The smallest absolute Gasteiger partial charge is 0.201 e. The molecule has 0 aliphatic heterocycles. The van der Waals surface area contributed by atoms with Crippen molar-refractivity contribution in [2.75, 3.05) is 17.7 Å². The lowest BCUT2D eigenvalue weighted by Gasteiger charge is -2.06. The van der Waals surface area contributed by atoms with Crippen molar-refractivity contribution in [3.8, 4) is 0 Å². The van der Waals surface area contributed by atoms with Gasteiger partial charge in [0.2, 0.25) is 5.95 Å². The Hall–Kier alpha value is -1.23. The highest BCUT2D eigenvalue weighted by Crippen LogP contribution is 2.22. The monoisotopic (exact) mass is 267 g/mol. The first-order chi connectivity index (χ1) is 8.63. The van der Waals surface area contributed by atoms with E-state index in [0.29, 0.717) is 17.0 Å². The molecule has 0 saturated carbocycles. The summed E-state index contributed by atoms with van der Waals surface area (Å²) in [5.74, 6) is 1.40. The van der Waals surface area contributed by atoms with Gasteiger partial charge in [-0.05, 0) is 43.4 Å². The molecule has 1 aromatic carbocycles. The summed E-state index contributed by atoms with van der Waals surface area (Å²) in [5, 5.41) is 0. The number of hydrogen-bond acceptors (Lipinski definition) is 3. The van der Waals surface area contributed by atoms with Crippen LogP contribution in [0.2, 0.25) is 0 Å². The number of anilines is 1. The van der Waals surface area contributed by atoms with Crippen LogP contribution in [0.1, 0.15) is 18.4 Å². The number of fused-ring (bicyclic) bond motifs is 1. The largest absolute Gasteiger partial charge is 0.369 e. The Morgan fingerprint density at radius 3 is 2.89 bits per heavy atom. The average molecular weight is 267 g/mol. The number of rotatable bonds is 5. The molecule has 0 bridgehead atoms. The molecule has 0 amide bonds. The number of hydrogen-bond donors (Lipinski definition) is 1. The molecule has 3 nitrogen and oxygen atoms in total. The predicted octanol–water partition coefficient (Wildman–Crippen LogP) is 3.21. The van der Waals surface area contributed by atoms with Gasteiger partial charge in [0.25, 0.3) is 0 Å². The Kier molecular flexibility index (Phi) is 4.11. The number of nitrogen functional groups attached to an aromatic ring is 1. The molecule has 2 rings (SSSR count). The maximum absolute atomic E-state index is 13.4. The van der Waals surface area contributed by atoms with Crippen molar-refractivity contribution in [1.29, 1.82) is 0 Å². The van der Waals surface area contributed by atoms with Crippen LogP contribution in [-0.2, 0) is 6.54 Å². The van der Waals surface area contributed by atoms with Crippen molar-refractivity contribution in [3.63, 3.8) is 0 Å². The molecule has 0 radical (unpaired) electrons. The van der Waals surface area contributed by atoms with Crippen molar-refractivity contribution in [1.82, 2.24) is 9.55 Å². The number of thioether (sulfide) groups is 1. The fraction of sp³-hybridized carbons (Fsp3) is 0.462. The molecule has 0 aliphatic carbocycles. The van der Waals surface area contributed by atoms with Crippen LogP contribution in [0.25, 0.3) is 11.0 Å². The average Bonchev–Trinajstić information content (AvgIpc) is 2.62. The van der Waals surface area contributed by atoms with E-state index in [1.54, 1.807) is 6.92 Å². The zero-order valence-electron chi connectivity index (χ0n) is 10.7. The zero-order chi connectivity index (χ0) is 13.1. The first-order valence-electron chi connectivity index (χ1n) is 6.04. The number of imidazole rings is 1. The second kappa shape index (κ2) is 5.61. The summed E-state index contributed by atoms with van der Waals surface area (Å²) in [4.78, 5) is 4.21. The van der Waals surface area contributed by atoms with Gasteiger partial charge in [-0.2, -0.15) is 11.8 Å². The van der Waals surface area contributed by atoms with Crippen LogP contribution in [0.4, 0.5) is 10.3 Å². The molecular formula is C13H18FN3S. The lowest BCUT2D eigenvalue weighted by atomic mass is 10.2. The standard InChI is InChI=1S/C13H18FN3S/c1-9-7-12-11(8-10(9)14)16-13(15)17(12)5-3-4-6-18-2/h7-8H,3-6H2,1-2H3,(H2,15,16). The summed E-state index contributed by atoms with van der Waals surface area (Å²) in [6.07, 6.45) is 4.32. The number of halogens is 1. The number of benzene rings is 1. The van der Waals surface area contributed by atoms with Gasteiger partial charge in [0.1, 0.15) is 5.82 Å². The third-order valence-corrected chi connectivity index (χ3v) is 3.74. The molecule has 2 aromatic rings. The molecule has 1 heterocycles. The fourth-order valence-electron chi connectivity index (χ4n) is 2.02. The van der Waals surface area contributed by atoms with Gasteiger partial charge in [0.15, 0.2) is 0 Å². The molecular weight excluding hydrogens is 249 g/mol. The molecule has 2 N–H and O–H groups in total. The number of unbranched alkanes of at least 4 members (excludes halogenated alkanes) is 1. The first-order valence-corrected chi connectivity index (χ1v) is 7.43. The number of aryl methyl sites for hydroxylation is 2. The molecule has 0 aliphatic rings. The Labute approximate surface area is 111 Å². The van der Waals surface area contributed by atoms with Gasteiger partial charge in [-0.25, -0.2) is 9.37 Å². The lowest BCUT2D eigenvalue weighted by molar-refractivity contribution is 0.619. The summed E-state index contributed by atoms with van der Waals surface area (Å²) in [5.41, 5.74) is 8.09. The third kappa shape index (κ3) is 2.61. The maximum Gasteiger partial charge on any atom is 0.201 e. The van der Waals surface area contributed by atoms with Gasteiger partial charge in [0.05, 0.1) is 11.0 Å². The van der Waals surface area contributed by atoms with Crippen molar-refractivity contribution in [3.05, 3.63) is 23.5 Å². The van der Waals surface area contributed by atoms with Crippen LogP contribution in [0.15, 0.2) is 12.1 Å². The molecule has 0 atom stereocenters. The molecule has 0 spiro atoms. The Morgan fingerprint density at radius 2 is 2.17 bits per heavy atom. The molecule has 0 saturated heterocycles. The van der Waals surface area contributed by atoms with Crippen LogP contribution < -0.4 is 5.73 Å². The van der Waals surface area contributed by atoms with Crippen molar-refractivity contribution in [2.45, 2.75) is 26.3 Å². The molecule has 1 aromatic heterocycles. The Bertz CT molecular complexity index is 551. The predicted molar refractivity (Wildman–Crippen MR) is 76.5 cm³/mol. The van der Waals surface area contributed by atoms with E-state index < -0.39 is 0 Å². The highest BCUT2D eigenvalue weighted by molar-refractivity contribution is 7.98. The maximum atomic E-state index is 13.4. The topological polar surface area (TPSA) is 43.8 Å². The fourth-order valence-corrected chi connectivity index (χ4v) is 2.51. The van der Waals surface area contributed by atoms with Gasteiger partial charge in [-0.3, -0.25) is 0 Å². The van der Waals surface area contributed by atoms with Crippen molar-refractivity contribution >= 4 is 28.7 Å². The van der Waals surface area contributed by atoms with E-state index in [9.17, 15) is 4.39 Å². The minimum absolute atomic E-state index is 0.227. The second-order valence-corrected chi connectivity index (χ2v) is 5.40. The van der Waals surface area contributed by atoms with Crippen LogP contribution in [0, 0.1) is 12.7 Å². The summed E-state index contributed by atoms with van der Waals surface area (Å²) in [7, 11) is 0. The van der Waals surface area contributed by atoms with Crippen molar-refractivity contribution < 1.29 is 4.39 Å². The second-order valence-electron chi connectivity index (χ2n) is 4.41. The van der Waals surface area contributed by atoms with Crippen LogP contribution in [-0.4, -0.2) is 21.6 Å². The molecule has 18 heavy (non-hydrogen) atoms. The number of nitrogens with zero attached hydrogens (tertiary/aromatic N) is 2. The van der Waals surface area contributed by atoms with E-state index in [-0.39, 0.29) is 5.82 Å².